The second-order valence-corrected chi connectivity index (χ2v) is 1.99. The highest BCUT2D eigenvalue weighted by Gasteiger charge is 1.82. The lowest BCUT2D eigenvalue weighted by molar-refractivity contribution is 1.48. The Labute approximate surface area is 64.5 Å². The minimum Gasteiger partial charge on any atom is -0.143 e. The third kappa shape index (κ3) is 1.42. The van der Waals surface area contributed by atoms with Crippen LogP contribution in [-0.4, -0.2) is 0 Å². The zero-order chi connectivity index (χ0) is 9.46. The summed E-state index contributed by atoms with van der Waals surface area (Å²) in [4.78, 5) is 0.0226. The molecule has 0 nitrogen and oxygen atoms in total. The first-order valence-corrected chi connectivity index (χ1v) is 2.74. The van der Waals surface area contributed by atoms with E-state index in [4.69, 9.17) is 17.1 Å². The molecule has 0 spiro atoms. The van der Waals surface area contributed by atoms with E-state index in [1.54, 1.807) is 0 Å². The van der Waals surface area contributed by atoms with E-state index in [-0.39, 0.29) is 34.1 Å². The Kier molecular flexibility index (Phi) is 0.796. The van der Waals surface area contributed by atoms with Crippen LogP contribution in [0.5, 0.6) is 0 Å². The molecule has 42 valence electrons. The molecule has 0 bridgehead atoms. The first kappa shape index (κ1) is 2.63. The van der Waals surface area contributed by atoms with Crippen LogP contribution in [0.4, 0.5) is 0 Å². The molecule has 0 atom stereocenters. The minimum atomic E-state index is -0.248. The fraction of sp³-hybridized carbons (Fsp3) is 0. The van der Waals surface area contributed by atoms with Crippen molar-refractivity contribution in [3.63, 3.8) is 0 Å². The van der Waals surface area contributed by atoms with Crippen LogP contribution in [0.15, 0.2) is 29.1 Å². The van der Waals surface area contributed by atoms with Gasteiger partial charge in [-0.3, -0.25) is 0 Å². The molecular formula is C6H5ClS. The predicted molar refractivity (Wildman–Crippen MR) is 38.7 cm³/mol. The normalized spacial score (nSPS) is 16.2. The molecule has 1 aromatic carbocycles. The average Bonchev–Trinajstić information content (AvgIpc) is 2.08. The standard InChI is InChI=1S/C6H5ClS/c7-5-1-3-6(8)4-2-5/h1-4,8H/i1D,2D,3D,4D. The van der Waals surface area contributed by atoms with E-state index in [2.05, 4.69) is 12.6 Å². The summed E-state index contributed by atoms with van der Waals surface area (Å²) in [5.41, 5.74) is 0. The van der Waals surface area contributed by atoms with Gasteiger partial charge in [0.2, 0.25) is 0 Å². The summed E-state index contributed by atoms with van der Waals surface area (Å²) >= 11 is 9.34. The van der Waals surface area contributed by atoms with Crippen molar-refractivity contribution in [2.24, 2.45) is 0 Å². The largest absolute Gasteiger partial charge is 0.143 e. The number of halogens is 1. The van der Waals surface area contributed by atoms with Crippen LogP contribution in [0.2, 0.25) is 5.02 Å². The zero-order valence-corrected chi connectivity index (χ0v) is 5.48. The van der Waals surface area contributed by atoms with E-state index in [9.17, 15) is 0 Å². The van der Waals surface area contributed by atoms with Crippen molar-refractivity contribution in [1.82, 2.24) is 0 Å². The van der Waals surface area contributed by atoms with Crippen LogP contribution >= 0.6 is 24.2 Å². The summed E-state index contributed by atoms with van der Waals surface area (Å²) in [5.74, 6) is 0. The van der Waals surface area contributed by atoms with Crippen molar-refractivity contribution >= 4 is 24.2 Å². The van der Waals surface area contributed by atoms with Crippen molar-refractivity contribution in [3.8, 4) is 0 Å². The van der Waals surface area contributed by atoms with Crippen LogP contribution in [0, 0.1) is 0 Å². The van der Waals surface area contributed by atoms with E-state index >= 15 is 0 Å². The Bertz CT molecular complexity index is 234. The molecule has 0 aliphatic rings. The van der Waals surface area contributed by atoms with Gasteiger partial charge in [-0.2, -0.15) is 0 Å². The zero-order valence-electron chi connectivity index (χ0n) is 7.83. The summed E-state index contributed by atoms with van der Waals surface area (Å²) in [5, 5.41) is -0.164. The highest BCUT2D eigenvalue weighted by Crippen LogP contribution is 2.11. The summed E-state index contributed by atoms with van der Waals surface area (Å²) in [6.45, 7) is 0. The molecule has 0 N–H and O–H groups in total. The minimum absolute atomic E-state index is 0.0226. The number of rotatable bonds is 0. The Morgan fingerprint density at radius 2 is 1.88 bits per heavy atom. The second-order valence-electron chi connectivity index (χ2n) is 1.16. The molecule has 0 aliphatic carbocycles. The topological polar surface area (TPSA) is 0 Å². The van der Waals surface area contributed by atoms with Crippen LogP contribution in [-0.2, 0) is 0 Å². The van der Waals surface area contributed by atoms with Gasteiger partial charge in [-0.25, -0.2) is 0 Å². The highest BCUT2D eigenvalue weighted by atomic mass is 35.5. The van der Waals surface area contributed by atoms with E-state index in [1.807, 2.05) is 0 Å². The molecule has 1 aromatic rings. The van der Waals surface area contributed by atoms with Gasteiger partial charge in [-0.1, -0.05) is 11.6 Å². The smallest absolute Gasteiger partial charge is 0.0639 e. The van der Waals surface area contributed by atoms with Gasteiger partial charge in [0.1, 0.15) is 0 Å². The molecular weight excluding hydrogens is 140 g/mol. The Balaban J connectivity index is 3.60. The summed E-state index contributed by atoms with van der Waals surface area (Å²) in [7, 11) is 0. The molecule has 0 aliphatic heterocycles. The Morgan fingerprint density at radius 1 is 1.38 bits per heavy atom. The van der Waals surface area contributed by atoms with E-state index < -0.39 is 0 Å². The average molecular weight is 149 g/mol. The van der Waals surface area contributed by atoms with Crippen molar-refractivity contribution in [1.29, 1.82) is 0 Å². The molecule has 0 amide bonds. The predicted octanol–water partition coefficient (Wildman–Crippen LogP) is 2.63. The lowest BCUT2D eigenvalue weighted by atomic mass is 10.4. The fourth-order valence-electron chi connectivity index (χ4n) is 0.291. The molecule has 0 radical (unpaired) electrons. The van der Waals surface area contributed by atoms with Gasteiger partial charge in [-0.05, 0) is 24.2 Å². The van der Waals surface area contributed by atoms with Gasteiger partial charge >= 0.3 is 0 Å². The van der Waals surface area contributed by atoms with Gasteiger partial charge in [-0.15, -0.1) is 12.6 Å². The van der Waals surface area contributed by atoms with Gasteiger partial charge < -0.3 is 0 Å². The summed E-state index contributed by atoms with van der Waals surface area (Å²) < 4.78 is 29.0. The van der Waals surface area contributed by atoms with Crippen LogP contribution < -0.4 is 0 Å². The molecule has 0 aromatic heterocycles. The second kappa shape index (κ2) is 2.42. The molecule has 8 heavy (non-hydrogen) atoms. The third-order valence-corrected chi connectivity index (χ3v) is 0.994. The highest BCUT2D eigenvalue weighted by molar-refractivity contribution is 7.80. The molecule has 0 saturated heterocycles. The number of benzene rings is 1. The van der Waals surface area contributed by atoms with E-state index in [0.717, 1.165) is 0 Å². The van der Waals surface area contributed by atoms with Gasteiger partial charge in [0.25, 0.3) is 0 Å². The van der Waals surface area contributed by atoms with Crippen LogP contribution in [0.3, 0.4) is 0 Å². The summed E-state index contributed by atoms with van der Waals surface area (Å²) in [6.07, 6.45) is 0. The molecule has 0 unspecified atom stereocenters. The Morgan fingerprint density at radius 3 is 2.38 bits per heavy atom. The maximum Gasteiger partial charge on any atom is 0.0639 e. The molecule has 0 heterocycles. The summed E-state index contributed by atoms with van der Waals surface area (Å²) in [6, 6.07) is -0.904. The maximum atomic E-state index is 7.27. The van der Waals surface area contributed by atoms with Crippen LogP contribution in [0.1, 0.15) is 5.48 Å². The molecule has 1 rings (SSSR count). The first-order chi connectivity index (χ1) is 5.46. The number of hydrogen-bond donors (Lipinski definition) is 1. The van der Waals surface area contributed by atoms with Crippen molar-refractivity contribution in [2.45, 2.75) is 4.90 Å². The van der Waals surface area contributed by atoms with Crippen molar-refractivity contribution in [2.75, 3.05) is 0 Å². The monoisotopic (exact) mass is 148 g/mol. The first-order valence-electron chi connectivity index (χ1n) is 3.91. The van der Waals surface area contributed by atoms with Crippen LogP contribution in [0.25, 0.3) is 0 Å². The maximum absolute atomic E-state index is 7.27. The van der Waals surface area contributed by atoms with Gasteiger partial charge in [0.15, 0.2) is 0 Å². The number of hydrogen-bond acceptors (Lipinski definition) is 1. The Hall–Kier alpha value is -0.140. The SMILES string of the molecule is [2H]c1c([2H])c(Cl)c([2H])c([2H])c1S. The van der Waals surface area contributed by atoms with Gasteiger partial charge in [0.05, 0.1) is 5.48 Å². The lowest BCUT2D eigenvalue weighted by Gasteiger charge is -1.87. The van der Waals surface area contributed by atoms with E-state index in [0.29, 0.717) is 0 Å². The van der Waals surface area contributed by atoms with Crippen molar-refractivity contribution < 1.29 is 5.48 Å². The van der Waals surface area contributed by atoms with Gasteiger partial charge in [0, 0.05) is 9.92 Å². The fourth-order valence-corrected chi connectivity index (χ4v) is 0.497. The van der Waals surface area contributed by atoms with E-state index in [1.165, 1.54) is 0 Å². The third-order valence-electron chi connectivity index (χ3n) is 0.581. The lowest BCUT2D eigenvalue weighted by Crippen LogP contribution is -1.61. The van der Waals surface area contributed by atoms with Crippen molar-refractivity contribution in [3.05, 3.63) is 29.2 Å². The number of thiol groups is 1. The quantitative estimate of drug-likeness (QED) is 0.538. The molecule has 2 heteroatoms. The molecule has 0 saturated carbocycles. The molecule has 0 fully saturated rings.